The minimum atomic E-state index is -0.654. The number of ether oxygens (including phenoxy) is 1. The normalized spacial score (nSPS) is 21.4. The molecule has 1 aliphatic carbocycles. The first-order chi connectivity index (χ1) is 9.01. The summed E-state index contributed by atoms with van der Waals surface area (Å²) < 4.78 is 17.6. The number of rotatable bonds is 4. The number of halogens is 1. The number of methoxy groups -OCH3 is 1. The Morgan fingerprint density at radius 2 is 2.21 bits per heavy atom. The van der Waals surface area contributed by atoms with E-state index >= 15 is 0 Å². The fourth-order valence-corrected chi connectivity index (χ4v) is 2.09. The zero-order valence-electron chi connectivity index (χ0n) is 10.3. The van der Waals surface area contributed by atoms with E-state index in [9.17, 15) is 19.3 Å². The summed E-state index contributed by atoms with van der Waals surface area (Å²) in [6.07, 6.45) is 1.11. The highest BCUT2D eigenvalue weighted by Gasteiger charge is 2.36. The second-order valence-corrected chi connectivity index (χ2v) is 4.45. The van der Waals surface area contributed by atoms with Crippen LogP contribution >= 0.6 is 0 Å². The lowest BCUT2D eigenvalue weighted by Crippen LogP contribution is -2.40. The number of hydrogen-bond acceptors (Lipinski definition) is 5. The van der Waals surface area contributed by atoms with E-state index in [1.54, 1.807) is 0 Å². The average Bonchev–Trinajstić information content (AvgIpc) is 2.33. The Bertz CT molecular complexity index is 514. The summed E-state index contributed by atoms with van der Waals surface area (Å²) >= 11 is 0. The van der Waals surface area contributed by atoms with Crippen molar-refractivity contribution in [2.75, 3.05) is 12.4 Å². The number of hydrogen-bond donors (Lipinski definition) is 1. The lowest BCUT2D eigenvalue weighted by atomic mass is 9.80. The molecule has 0 heterocycles. The summed E-state index contributed by atoms with van der Waals surface area (Å²) in [5, 5.41) is 13.8. The standard InChI is InChI=1S/C12H13FN2O4/c1-19-12(16)7-4-9(5-7)14-10-3-2-8(13)6-11(10)15(17)18/h2-3,6-7,9,14H,4-5H2,1H3. The van der Waals surface area contributed by atoms with Crippen LogP contribution in [0, 0.1) is 21.8 Å². The predicted octanol–water partition coefficient (Wildman–Crippen LogP) is 2.10. The van der Waals surface area contributed by atoms with Gasteiger partial charge in [0.15, 0.2) is 0 Å². The SMILES string of the molecule is COC(=O)C1CC(Nc2ccc(F)cc2[N+](=O)[O-])C1. The Balaban J connectivity index is 2.02. The molecule has 0 bridgehead atoms. The Hall–Kier alpha value is -2.18. The molecular weight excluding hydrogens is 255 g/mol. The van der Waals surface area contributed by atoms with Crippen molar-refractivity contribution in [2.45, 2.75) is 18.9 Å². The van der Waals surface area contributed by atoms with E-state index in [4.69, 9.17) is 0 Å². The number of carbonyl (C=O) groups excluding carboxylic acids is 1. The first-order valence-corrected chi connectivity index (χ1v) is 5.79. The van der Waals surface area contributed by atoms with E-state index in [1.165, 1.54) is 13.2 Å². The van der Waals surface area contributed by atoms with Gasteiger partial charge in [0.25, 0.3) is 5.69 Å². The van der Waals surface area contributed by atoms with E-state index in [-0.39, 0.29) is 29.3 Å². The van der Waals surface area contributed by atoms with Gasteiger partial charge in [0, 0.05) is 6.04 Å². The molecule has 102 valence electrons. The van der Waals surface area contributed by atoms with E-state index in [0.717, 1.165) is 12.1 Å². The van der Waals surface area contributed by atoms with Gasteiger partial charge in [0.1, 0.15) is 11.5 Å². The summed E-state index contributed by atoms with van der Waals surface area (Å²) in [6, 6.07) is 3.33. The third-order valence-electron chi connectivity index (χ3n) is 3.19. The number of carbonyl (C=O) groups is 1. The molecule has 2 rings (SSSR count). The Labute approximate surface area is 108 Å². The molecule has 0 aromatic heterocycles. The summed E-state index contributed by atoms with van der Waals surface area (Å²) in [7, 11) is 1.33. The third-order valence-corrected chi connectivity index (χ3v) is 3.19. The van der Waals surface area contributed by atoms with Gasteiger partial charge in [-0.1, -0.05) is 0 Å². The molecule has 0 spiro atoms. The van der Waals surface area contributed by atoms with Gasteiger partial charge in [-0.15, -0.1) is 0 Å². The Kier molecular flexibility index (Phi) is 3.64. The van der Waals surface area contributed by atoms with Crippen LogP contribution in [-0.2, 0) is 9.53 Å². The molecule has 19 heavy (non-hydrogen) atoms. The van der Waals surface area contributed by atoms with Crippen molar-refractivity contribution in [3.8, 4) is 0 Å². The summed E-state index contributed by atoms with van der Waals surface area (Å²) in [5.41, 5.74) is -0.0405. The molecule has 1 fully saturated rings. The van der Waals surface area contributed by atoms with Crippen molar-refractivity contribution < 1.29 is 18.8 Å². The molecule has 0 radical (unpaired) electrons. The van der Waals surface area contributed by atoms with E-state index in [1.807, 2.05) is 0 Å². The topological polar surface area (TPSA) is 81.5 Å². The number of benzene rings is 1. The van der Waals surface area contributed by atoms with Crippen molar-refractivity contribution in [1.29, 1.82) is 0 Å². The minimum absolute atomic E-state index is 0.0340. The van der Waals surface area contributed by atoms with Crippen molar-refractivity contribution in [2.24, 2.45) is 5.92 Å². The fourth-order valence-electron chi connectivity index (χ4n) is 2.09. The van der Waals surface area contributed by atoms with Crippen molar-refractivity contribution in [3.63, 3.8) is 0 Å². The molecule has 1 N–H and O–H groups in total. The molecule has 1 aliphatic rings. The van der Waals surface area contributed by atoms with Gasteiger partial charge in [0.2, 0.25) is 0 Å². The van der Waals surface area contributed by atoms with Crippen LogP contribution in [0.25, 0.3) is 0 Å². The second-order valence-electron chi connectivity index (χ2n) is 4.45. The number of esters is 1. The highest BCUT2D eigenvalue weighted by molar-refractivity contribution is 5.74. The molecule has 0 unspecified atom stereocenters. The predicted molar refractivity (Wildman–Crippen MR) is 65.2 cm³/mol. The lowest BCUT2D eigenvalue weighted by Gasteiger charge is -2.34. The number of anilines is 1. The molecular formula is C12H13FN2O4. The highest BCUT2D eigenvalue weighted by atomic mass is 19.1. The third kappa shape index (κ3) is 2.81. The first kappa shape index (κ1) is 13.3. The molecule has 1 aromatic carbocycles. The maximum Gasteiger partial charge on any atom is 0.308 e. The van der Waals surface area contributed by atoms with Gasteiger partial charge >= 0.3 is 5.97 Å². The zero-order valence-corrected chi connectivity index (χ0v) is 10.3. The van der Waals surface area contributed by atoms with Crippen LogP contribution in [0.1, 0.15) is 12.8 Å². The molecule has 1 aromatic rings. The van der Waals surface area contributed by atoms with Crippen LogP contribution in [0.3, 0.4) is 0 Å². The number of nitrogens with one attached hydrogen (secondary N) is 1. The maximum atomic E-state index is 13.0. The molecule has 0 amide bonds. The Morgan fingerprint density at radius 3 is 2.79 bits per heavy atom. The van der Waals surface area contributed by atoms with Crippen LogP contribution in [0.15, 0.2) is 18.2 Å². The molecule has 7 heteroatoms. The van der Waals surface area contributed by atoms with Crippen molar-refractivity contribution >= 4 is 17.3 Å². The molecule has 0 saturated heterocycles. The lowest BCUT2D eigenvalue weighted by molar-refractivity contribution is -0.384. The van der Waals surface area contributed by atoms with Crippen LogP contribution in [0.5, 0.6) is 0 Å². The van der Waals surface area contributed by atoms with E-state index in [0.29, 0.717) is 12.8 Å². The number of nitro benzene ring substituents is 1. The van der Waals surface area contributed by atoms with Gasteiger partial charge in [0.05, 0.1) is 24.0 Å². The molecule has 1 saturated carbocycles. The van der Waals surface area contributed by atoms with Crippen molar-refractivity contribution in [3.05, 3.63) is 34.1 Å². The second kappa shape index (κ2) is 5.21. The molecule has 0 aliphatic heterocycles. The van der Waals surface area contributed by atoms with Gasteiger partial charge in [-0.2, -0.15) is 0 Å². The smallest absolute Gasteiger partial charge is 0.308 e. The first-order valence-electron chi connectivity index (χ1n) is 5.79. The van der Waals surface area contributed by atoms with Crippen LogP contribution in [0.2, 0.25) is 0 Å². The van der Waals surface area contributed by atoms with E-state index in [2.05, 4.69) is 10.1 Å². The summed E-state index contributed by atoms with van der Waals surface area (Å²) in [4.78, 5) is 21.4. The van der Waals surface area contributed by atoms with Crippen LogP contribution in [0.4, 0.5) is 15.8 Å². The van der Waals surface area contributed by atoms with Gasteiger partial charge < -0.3 is 10.1 Å². The Morgan fingerprint density at radius 1 is 1.53 bits per heavy atom. The van der Waals surface area contributed by atoms with Gasteiger partial charge in [-0.3, -0.25) is 14.9 Å². The zero-order chi connectivity index (χ0) is 14.0. The quantitative estimate of drug-likeness (QED) is 0.513. The largest absolute Gasteiger partial charge is 0.469 e. The number of nitrogens with zero attached hydrogens (tertiary/aromatic N) is 1. The van der Waals surface area contributed by atoms with Gasteiger partial charge in [-0.05, 0) is 25.0 Å². The minimum Gasteiger partial charge on any atom is -0.469 e. The number of nitro groups is 1. The summed E-state index contributed by atoms with van der Waals surface area (Å²) in [5.74, 6) is -1.09. The van der Waals surface area contributed by atoms with Crippen molar-refractivity contribution in [1.82, 2.24) is 0 Å². The fraction of sp³-hybridized carbons (Fsp3) is 0.417. The summed E-state index contributed by atoms with van der Waals surface area (Å²) in [6.45, 7) is 0. The monoisotopic (exact) mass is 268 g/mol. The highest BCUT2D eigenvalue weighted by Crippen LogP contribution is 2.34. The van der Waals surface area contributed by atoms with Gasteiger partial charge in [-0.25, -0.2) is 4.39 Å². The average molecular weight is 268 g/mol. The van der Waals surface area contributed by atoms with Crippen LogP contribution < -0.4 is 5.32 Å². The molecule has 6 nitrogen and oxygen atoms in total. The maximum absolute atomic E-state index is 13.0. The van der Waals surface area contributed by atoms with E-state index < -0.39 is 10.7 Å². The van der Waals surface area contributed by atoms with Crippen LogP contribution in [-0.4, -0.2) is 24.0 Å². The molecule has 0 atom stereocenters.